The summed E-state index contributed by atoms with van der Waals surface area (Å²) >= 11 is 0. The van der Waals surface area contributed by atoms with Gasteiger partial charge in [0.25, 0.3) is 0 Å². The summed E-state index contributed by atoms with van der Waals surface area (Å²) in [5, 5.41) is 8.56. The second-order valence-electron chi connectivity index (χ2n) is 3.20. The van der Waals surface area contributed by atoms with Crippen molar-refractivity contribution in [2.75, 3.05) is 19.9 Å². The first-order chi connectivity index (χ1) is 5.33. The minimum Gasteiger partial charge on any atom is -0.332 e. The summed E-state index contributed by atoms with van der Waals surface area (Å²) in [5.74, 6) is 0. The Bertz CT molecular complexity index is 232. The van der Waals surface area contributed by atoms with Crippen molar-refractivity contribution >= 4 is 7.37 Å². The van der Waals surface area contributed by atoms with Crippen LogP contribution in [-0.4, -0.2) is 25.5 Å². The SMILES string of the molecule is COP(C)(=O)CCC(C)(N)C#N. The van der Waals surface area contributed by atoms with E-state index in [0.717, 1.165) is 0 Å². The quantitative estimate of drug-likeness (QED) is 0.675. The highest BCUT2D eigenvalue weighted by Gasteiger charge is 2.22. The second-order valence-corrected chi connectivity index (χ2v) is 6.04. The van der Waals surface area contributed by atoms with Gasteiger partial charge in [-0.2, -0.15) is 5.26 Å². The van der Waals surface area contributed by atoms with Gasteiger partial charge in [0, 0.05) is 19.9 Å². The van der Waals surface area contributed by atoms with E-state index in [2.05, 4.69) is 0 Å². The van der Waals surface area contributed by atoms with Gasteiger partial charge in [0.2, 0.25) is 0 Å². The van der Waals surface area contributed by atoms with Crippen molar-refractivity contribution in [2.24, 2.45) is 5.73 Å². The van der Waals surface area contributed by atoms with E-state index >= 15 is 0 Å². The fourth-order valence-electron chi connectivity index (χ4n) is 0.583. The fraction of sp³-hybridized carbons (Fsp3) is 0.857. The third-order valence-corrected chi connectivity index (χ3v) is 3.49. The third-order valence-electron chi connectivity index (χ3n) is 1.68. The van der Waals surface area contributed by atoms with Gasteiger partial charge in [-0.3, -0.25) is 4.57 Å². The molecule has 12 heavy (non-hydrogen) atoms. The van der Waals surface area contributed by atoms with Crippen LogP contribution in [0.2, 0.25) is 0 Å². The molecule has 0 radical (unpaired) electrons. The van der Waals surface area contributed by atoms with Crippen LogP contribution in [0.3, 0.4) is 0 Å². The van der Waals surface area contributed by atoms with Crippen LogP contribution in [0.15, 0.2) is 0 Å². The summed E-state index contributed by atoms with van der Waals surface area (Å²) < 4.78 is 16.1. The Balaban J connectivity index is 4.02. The standard InChI is InChI=1S/C7H15N2O2P/c1-7(9,6-8)4-5-12(3,10)11-2/h4-5,9H2,1-3H3. The molecular weight excluding hydrogens is 175 g/mol. The van der Waals surface area contributed by atoms with Crippen molar-refractivity contribution in [2.45, 2.75) is 18.9 Å². The molecular formula is C7H15N2O2P. The van der Waals surface area contributed by atoms with E-state index in [1.165, 1.54) is 7.11 Å². The van der Waals surface area contributed by atoms with Crippen LogP contribution in [0, 0.1) is 11.3 Å². The summed E-state index contributed by atoms with van der Waals surface area (Å²) in [6, 6.07) is 1.94. The number of nitrogens with two attached hydrogens (primary N) is 1. The van der Waals surface area contributed by atoms with Gasteiger partial charge in [-0.05, 0) is 13.3 Å². The normalized spacial score (nSPS) is 20.6. The molecule has 0 bridgehead atoms. The molecule has 0 saturated heterocycles. The molecule has 0 spiro atoms. The van der Waals surface area contributed by atoms with Crippen LogP contribution in [0.5, 0.6) is 0 Å². The molecule has 4 nitrogen and oxygen atoms in total. The second kappa shape index (κ2) is 4.04. The summed E-state index contributed by atoms with van der Waals surface area (Å²) in [7, 11) is -1.11. The van der Waals surface area contributed by atoms with Crippen molar-refractivity contribution in [3.8, 4) is 6.07 Å². The van der Waals surface area contributed by atoms with Crippen LogP contribution in [0.4, 0.5) is 0 Å². The maximum absolute atomic E-state index is 11.4. The number of rotatable bonds is 4. The molecule has 0 aromatic rings. The fourth-order valence-corrected chi connectivity index (χ4v) is 1.64. The lowest BCUT2D eigenvalue weighted by Crippen LogP contribution is -2.34. The topological polar surface area (TPSA) is 76.1 Å². The van der Waals surface area contributed by atoms with Gasteiger partial charge in [-0.25, -0.2) is 0 Å². The van der Waals surface area contributed by atoms with Gasteiger partial charge in [0.05, 0.1) is 6.07 Å². The van der Waals surface area contributed by atoms with Crippen molar-refractivity contribution in [1.29, 1.82) is 5.26 Å². The Morgan fingerprint density at radius 1 is 1.75 bits per heavy atom. The minimum atomic E-state index is -2.51. The zero-order valence-electron chi connectivity index (χ0n) is 7.70. The smallest absolute Gasteiger partial charge is 0.200 e. The number of nitrogens with zero attached hydrogens (tertiary/aromatic N) is 1. The van der Waals surface area contributed by atoms with E-state index in [1.807, 2.05) is 6.07 Å². The molecule has 0 aliphatic carbocycles. The lowest BCUT2D eigenvalue weighted by Gasteiger charge is -2.17. The number of hydrogen-bond acceptors (Lipinski definition) is 4. The third kappa shape index (κ3) is 4.50. The maximum atomic E-state index is 11.4. The molecule has 0 amide bonds. The first kappa shape index (κ1) is 11.6. The zero-order valence-corrected chi connectivity index (χ0v) is 8.60. The van der Waals surface area contributed by atoms with Crippen molar-refractivity contribution in [1.82, 2.24) is 0 Å². The summed E-state index contributed by atoms with van der Waals surface area (Å²) in [5.41, 5.74) is 4.64. The Morgan fingerprint density at radius 3 is 2.58 bits per heavy atom. The van der Waals surface area contributed by atoms with Gasteiger partial charge in [0.1, 0.15) is 5.54 Å². The molecule has 70 valence electrons. The highest BCUT2D eigenvalue weighted by atomic mass is 31.2. The largest absolute Gasteiger partial charge is 0.332 e. The summed E-state index contributed by atoms with van der Waals surface area (Å²) in [6.07, 6.45) is 0.745. The molecule has 5 heteroatoms. The molecule has 0 aromatic carbocycles. The Labute approximate surface area is 73.2 Å². The number of hydrogen-bond donors (Lipinski definition) is 1. The summed E-state index contributed by atoms with van der Waals surface area (Å²) in [6.45, 7) is 3.16. The van der Waals surface area contributed by atoms with E-state index in [-0.39, 0.29) is 0 Å². The highest BCUT2D eigenvalue weighted by Crippen LogP contribution is 2.42. The Hall–Kier alpha value is -0.360. The van der Waals surface area contributed by atoms with Crippen LogP contribution in [-0.2, 0) is 9.09 Å². The molecule has 2 atom stereocenters. The molecule has 0 rings (SSSR count). The van der Waals surface area contributed by atoms with Crippen molar-refractivity contribution < 1.29 is 9.09 Å². The van der Waals surface area contributed by atoms with E-state index in [1.54, 1.807) is 13.6 Å². The minimum absolute atomic E-state index is 0.351. The van der Waals surface area contributed by atoms with Crippen LogP contribution >= 0.6 is 7.37 Å². The van der Waals surface area contributed by atoms with Gasteiger partial charge in [-0.15, -0.1) is 0 Å². The highest BCUT2D eigenvalue weighted by molar-refractivity contribution is 7.58. The van der Waals surface area contributed by atoms with Gasteiger partial charge in [0.15, 0.2) is 7.37 Å². The zero-order chi connectivity index (χ0) is 9.83. The van der Waals surface area contributed by atoms with Crippen molar-refractivity contribution in [3.05, 3.63) is 0 Å². The molecule has 0 heterocycles. The van der Waals surface area contributed by atoms with Crippen LogP contribution in [0.1, 0.15) is 13.3 Å². The molecule has 0 fully saturated rings. The van der Waals surface area contributed by atoms with E-state index in [0.29, 0.717) is 12.6 Å². The van der Waals surface area contributed by atoms with Crippen LogP contribution in [0.25, 0.3) is 0 Å². The maximum Gasteiger partial charge on any atom is 0.200 e. The molecule has 0 saturated carbocycles. The lowest BCUT2D eigenvalue weighted by molar-refractivity contribution is 0.394. The monoisotopic (exact) mass is 190 g/mol. The first-order valence-corrected chi connectivity index (χ1v) is 5.91. The van der Waals surface area contributed by atoms with E-state index < -0.39 is 12.9 Å². The first-order valence-electron chi connectivity index (χ1n) is 3.65. The molecule has 0 aliphatic rings. The lowest BCUT2D eigenvalue weighted by atomic mass is 10.0. The molecule has 0 aromatic heterocycles. The Morgan fingerprint density at radius 2 is 2.25 bits per heavy atom. The van der Waals surface area contributed by atoms with Crippen molar-refractivity contribution in [3.63, 3.8) is 0 Å². The molecule has 0 aliphatic heterocycles. The molecule has 2 unspecified atom stereocenters. The van der Waals surface area contributed by atoms with E-state index in [9.17, 15) is 4.57 Å². The average Bonchev–Trinajstić information content (AvgIpc) is 2.02. The predicted octanol–water partition coefficient (Wildman–Crippen LogP) is 1.17. The van der Waals surface area contributed by atoms with Gasteiger partial charge >= 0.3 is 0 Å². The van der Waals surface area contributed by atoms with Gasteiger partial charge < -0.3 is 10.3 Å². The number of nitriles is 1. The van der Waals surface area contributed by atoms with Gasteiger partial charge in [-0.1, -0.05) is 0 Å². The summed E-state index contributed by atoms with van der Waals surface area (Å²) in [4.78, 5) is 0. The molecule has 2 N–H and O–H groups in total. The van der Waals surface area contributed by atoms with Crippen LogP contribution < -0.4 is 5.73 Å². The average molecular weight is 190 g/mol. The Kier molecular flexibility index (Phi) is 3.92. The predicted molar refractivity (Wildman–Crippen MR) is 48.2 cm³/mol. The van der Waals surface area contributed by atoms with E-state index in [4.69, 9.17) is 15.5 Å².